The summed E-state index contributed by atoms with van der Waals surface area (Å²) in [6.45, 7) is 0. The number of benzene rings is 1. The van der Waals surface area contributed by atoms with E-state index in [0.717, 1.165) is 0 Å². The minimum atomic E-state index is -0.552. The van der Waals surface area contributed by atoms with Crippen molar-refractivity contribution in [3.8, 4) is 0 Å². The molecule has 0 saturated heterocycles. The molecule has 0 saturated carbocycles. The Morgan fingerprint density at radius 3 is 2.69 bits per heavy atom. The van der Waals surface area contributed by atoms with Gasteiger partial charge in [-0.15, -0.1) is 0 Å². The summed E-state index contributed by atoms with van der Waals surface area (Å²) in [5, 5.41) is 3.52. The first kappa shape index (κ1) is 18.2. The fourth-order valence-electron chi connectivity index (χ4n) is 3.04. The SMILES string of the molecule is NC(=O)C(=Cc1c[nH]c2nccc(NC(=O)Cc3ncco3)c12)c1ccccc1. The zero-order chi connectivity index (χ0) is 20.2. The third-order valence-electron chi connectivity index (χ3n) is 4.32. The molecule has 4 aromatic rings. The summed E-state index contributed by atoms with van der Waals surface area (Å²) < 4.78 is 5.11. The number of carbonyl (C=O) groups is 2. The third-order valence-corrected chi connectivity index (χ3v) is 4.32. The Kier molecular flexibility index (Phi) is 4.90. The van der Waals surface area contributed by atoms with Crippen LogP contribution in [0, 0.1) is 0 Å². The lowest BCUT2D eigenvalue weighted by Crippen LogP contribution is -2.15. The van der Waals surface area contributed by atoms with E-state index >= 15 is 0 Å². The molecular weight excluding hydrogens is 370 g/mol. The van der Waals surface area contributed by atoms with Gasteiger partial charge in [0, 0.05) is 28.9 Å². The molecule has 1 aromatic carbocycles. The summed E-state index contributed by atoms with van der Waals surface area (Å²) in [6.07, 6.45) is 7.88. The summed E-state index contributed by atoms with van der Waals surface area (Å²) in [7, 11) is 0. The number of fused-ring (bicyclic) bond motifs is 1. The first-order valence-electron chi connectivity index (χ1n) is 8.83. The number of anilines is 1. The molecule has 4 rings (SSSR count). The van der Waals surface area contributed by atoms with Crippen molar-refractivity contribution < 1.29 is 14.0 Å². The van der Waals surface area contributed by atoms with Crippen molar-refractivity contribution in [2.75, 3.05) is 5.32 Å². The molecule has 3 aromatic heterocycles. The fraction of sp³-hybridized carbons (Fsp3) is 0.0476. The second-order valence-electron chi connectivity index (χ2n) is 6.27. The van der Waals surface area contributed by atoms with Gasteiger partial charge in [-0.2, -0.15) is 0 Å². The summed E-state index contributed by atoms with van der Waals surface area (Å²) in [4.78, 5) is 35.7. The predicted molar refractivity (Wildman–Crippen MR) is 108 cm³/mol. The van der Waals surface area contributed by atoms with Crippen molar-refractivity contribution in [1.82, 2.24) is 15.0 Å². The number of hydrogen-bond donors (Lipinski definition) is 3. The maximum atomic E-state index is 12.4. The normalized spacial score (nSPS) is 11.5. The largest absolute Gasteiger partial charge is 0.448 e. The lowest BCUT2D eigenvalue weighted by atomic mass is 10.0. The average molecular weight is 387 g/mol. The topological polar surface area (TPSA) is 127 Å². The van der Waals surface area contributed by atoms with Gasteiger partial charge in [0.05, 0.1) is 11.9 Å². The second kappa shape index (κ2) is 7.81. The minimum absolute atomic E-state index is 0.00294. The number of primary amides is 1. The Balaban J connectivity index is 1.72. The molecule has 8 heteroatoms. The number of nitrogens with two attached hydrogens (primary N) is 1. The number of carbonyl (C=O) groups excluding carboxylic acids is 2. The number of aromatic nitrogens is 3. The zero-order valence-corrected chi connectivity index (χ0v) is 15.3. The van der Waals surface area contributed by atoms with E-state index in [9.17, 15) is 9.59 Å². The number of pyridine rings is 1. The smallest absolute Gasteiger partial charge is 0.249 e. The van der Waals surface area contributed by atoms with Crippen LogP contribution in [0.3, 0.4) is 0 Å². The molecule has 3 heterocycles. The van der Waals surface area contributed by atoms with Crippen molar-refractivity contribution in [3.05, 3.63) is 78.3 Å². The van der Waals surface area contributed by atoms with Crippen molar-refractivity contribution >= 4 is 40.2 Å². The monoisotopic (exact) mass is 387 g/mol. The van der Waals surface area contributed by atoms with Crippen LogP contribution in [0.1, 0.15) is 17.0 Å². The molecule has 2 amide bonds. The van der Waals surface area contributed by atoms with Crippen LogP contribution in [-0.2, 0) is 16.0 Å². The molecular formula is C21H17N5O3. The Labute approximate surface area is 165 Å². The number of amides is 2. The van der Waals surface area contributed by atoms with Crippen LogP contribution in [0.2, 0.25) is 0 Å². The number of nitrogens with one attached hydrogen (secondary N) is 2. The zero-order valence-electron chi connectivity index (χ0n) is 15.3. The van der Waals surface area contributed by atoms with Crippen LogP contribution in [0.4, 0.5) is 5.69 Å². The fourth-order valence-corrected chi connectivity index (χ4v) is 3.04. The van der Waals surface area contributed by atoms with Crippen LogP contribution in [0.15, 0.2) is 65.7 Å². The highest BCUT2D eigenvalue weighted by atomic mass is 16.3. The summed E-state index contributed by atoms with van der Waals surface area (Å²) in [5.74, 6) is -0.514. The first-order valence-corrected chi connectivity index (χ1v) is 8.83. The molecule has 144 valence electrons. The van der Waals surface area contributed by atoms with Gasteiger partial charge in [-0.1, -0.05) is 30.3 Å². The molecule has 0 aliphatic rings. The van der Waals surface area contributed by atoms with E-state index in [-0.39, 0.29) is 12.3 Å². The summed E-state index contributed by atoms with van der Waals surface area (Å²) >= 11 is 0. The Morgan fingerprint density at radius 2 is 1.97 bits per heavy atom. The van der Waals surface area contributed by atoms with Crippen molar-refractivity contribution in [2.24, 2.45) is 5.73 Å². The van der Waals surface area contributed by atoms with Crippen molar-refractivity contribution in [2.45, 2.75) is 6.42 Å². The van der Waals surface area contributed by atoms with Crippen LogP contribution in [-0.4, -0.2) is 26.8 Å². The molecule has 0 unspecified atom stereocenters. The first-order chi connectivity index (χ1) is 14.1. The predicted octanol–water partition coefficient (Wildman–Crippen LogP) is 2.76. The molecule has 0 fully saturated rings. The highest BCUT2D eigenvalue weighted by Crippen LogP contribution is 2.29. The minimum Gasteiger partial charge on any atom is -0.448 e. The molecule has 0 aliphatic heterocycles. The van der Waals surface area contributed by atoms with Crippen molar-refractivity contribution in [1.29, 1.82) is 0 Å². The quantitative estimate of drug-likeness (QED) is 0.438. The summed E-state index contributed by atoms with van der Waals surface area (Å²) in [5.41, 5.74) is 8.46. The molecule has 4 N–H and O–H groups in total. The van der Waals surface area contributed by atoms with Crippen molar-refractivity contribution in [3.63, 3.8) is 0 Å². The highest BCUT2D eigenvalue weighted by molar-refractivity contribution is 6.24. The maximum Gasteiger partial charge on any atom is 0.249 e. The lowest BCUT2D eigenvalue weighted by Gasteiger charge is -2.07. The standard InChI is InChI=1S/C21H17N5O3/c22-20(28)15(13-4-2-1-3-5-13)10-14-12-25-21-19(14)16(6-7-24-21)26-17(27)11-18-23-8-9-29-18/h1-10,12H,11H2,(H2,22,28)(H2,24,25,26,27). The molecule has 0 bridgehead atoms. The van der Waals surface area contributed by atoms with Gasteiger partial charge in [-0.05, 0) is 17.7 Å². The average Bonchev–Trinajstić information content (AvgIpc) is 3.37. The van der Waals surface area contributed by atoms with Gasteiger partial charge < -0.3 is 20.5 Å². The van der Waals surface area contributed by atoms with E-state index in [4.69, 9.17) is 10.2 Å². The van der Waals surface area contributed by atoms with Gasteiger partial charge in [0.1, 0.15) is 18.3 Å². The maximum absolute atomic E-state index is 12.4. The van der Waals surface area contributed by atoms with Gasteiger partial charge in [-0.3, -0.25) is 9.59 Å². The van der Waals surface area contributed by atoms with E-state index in [1.165, 1.54) is 12.5 Å². The Morgan fingerprint density at radius 1 is 1.14 bits per heavy atom. The van der Waals surface area contributed by atoms with Crippen LogP contribution in [0.5, 0.6) is 0 Å². The van der Waals surface area contributed by atoms with E-state index < -0.39 is 5.91 Å². The number of H-pyrrole nitrogens is 1. The van der Waals surface area contributed by atoms with E-state index in [2.05, 4.69) is 20.3 Å². The molecule has 29 heavy (non-hydrogen) atoms. The van der Waals surface area contributed by atoms with Crippen LogP contribution >= 0.6 is 0 Å². The van der Waals surface area contributed by atoms with Gasteiger partial charge in [-0.25, -0.2) is 9.97 Å². The van der Waals surface area contributed by atoms with Crippen LogP contribution < -0.4 is 11.1 Å². The van der Waals surface area contributed by atoms with Gasteiger partial charge >= 0.3 is 0 Å². The molecule has 0 atom stereocenters. The van der Waals surface area contributed by atoms with E-state index in [0.29, 0.717) is 39.3 Å². The van der Waals surface area contributed by atoms with Crippen LogP contribution in [0.25, 0.3) is 22.7 Å². The number of aromatic amines is 1. The van der Waals surface area contributed by atoms with E-state index in [1.54, 1.807) is 24.5 Å². The second-order valence-corrected chi connectivity index (χ2v) is 6.27. The summed E-state index contributed by atoms with van der Waals surface area (Å²) in [6, 6.07) is 10.8. The molecule has 0 spiro atoms. The highest BCUT2D eigenvalue weighted by Gasteiger charge is 2.15. The molecule has 8 nitrogen and oxygen atoms in total. The number of nitrogens with zero attached hydrogens (tertiary/aromatic N) is 2. The Bertz CT molecular complexity index is 1190. The molecule has 0 radical (unpaired) electrons. The van der Waals surface area contributed by atoms with Gasteiger partial charge in [0.2, 0.25) is 17.7 Å². The van der Waals surface area contributed by atoms with Gasteiger partial charge in [0.25, 0.3) is 0 Å². The molecule has 0 aliphatic carbocycles. The number of hydrogen-bond acceptors (Lipinski definition) is 5. The lowest BCUT2D eigenvalue weighted by molar-refractivity contribution is -0.116. The third kappa shape index (κ3) is 3.91. The number of rotatable bonds is 6. The Hall–Kier alpha value is -4.20. The number of oxazole rings is 1. The van der Waals surface area contributed by atoms with Gasteiger partial charge in [0.15, 0.2) is 0 Å². The van der Waals surface area contributed by atoms with E-state index in [1.807, 2.05) is 30.3 Å².